The fourth-order valence-electron chi connectivity index (χ4n) is 4.63. The zero-order valence-corrected chi connectivity index (χ0v) is 19.9. The number of thioether (sulfide) groups is 1. The highest BCUT2D eigenvalue weighted by Gasteiger charge is 2.27. The number of amides is 1. The Morgan fingerprint density at radius 3 is 2.68 bits per heavy atom. The largest absolute Gasteiger partial charge is 0.465 e. The van der Waals surface area contributed by atoms with E-state index in [2.05, 4.69) is 27.0 Å². The Morgan fingerprint density at radius 2 is 1.94 bits per heavy atom. The average Bonchev–Trinajstić information content (AvgIpc) is 3.47. The van der Waals surface area contributed by atoms with Crippen LogP contribution in [0.5, 0.6) is 0 Å². The summed E-state index contributed by atoms with van der Waals surface area (Å²) in [5.41, 5.74) is 1.60. The van der Waals surface area contributed by atoms with Crippen LogP contribution >= 0.6 is 23.1 Å². The van der Waals surface area contributed by atoms with Gasteiger partial charge in [-0.05, 0) is 51.0 Å². The van der Waals surface area contributed by atoms with Crippen molar-refractivity contribution in [2.24, 2.45) is 0 Å². The number of rotatable bonds is 7. The van der Waals surface area contributed by atoms with Crippen molar-refractivity contribution in [2.75, 3.05) is 18.2 Å². The monoisotopic (exact) mass is 462 g/mol. The Balaban J connectivity index is 1.45. The van der Waals surface area contributed by atoms with Crippen LogP contribution < -0.4 is 5.32 Å². The number of carbonyl (C=O) groups excluding carboxylic acids is 2. The Bertz CT molecular complexity index is 947. The van der Waals surface area contributed by atoms with Gasteiger partial charge in [0.2, 0.25) is 5.91 Å². The minimum absolute atomic E-state index is 0.139. The Labute approximate surface area is 191 Å². The average molecular weight is 463 g/mol. The van der Waals surface area contributed by atoms with E-state index in [1.54, 1.807) is 0 Å². The molecule has 1 saturated carbocycles. The van der Waals surface area contributed by atoms with Gasteiger partial charge in [-0.2, -0.15) is 0 Å². The van der Waals surface area contributed by atoms with E-state index in [-0.39, 0.29) is 17.6 Å². The maximum absolute atomic E-state index is 12.8. The smallest absolute Gasteiger partial charge is 0.341 e. The molecule has 2 aromatic rings. The van der Waals surface area contributed by atoms with Gasteiger partial charge in [-0.25, -0.2) is 4.79 Å². The van der Waals surface area contributed by atoms with Crippen molar-refractivity contribution in [2.45, 2.75) is 82.3 Å². The number of fused-ring (bicyclic) bond motifs is 1. The van der Waals surface area contributed by atoms with Gasteiger partial charge in [-0.1, -0.05) is 31.0 Å². The van der Waals surface area contributed by atoms with Gasteiger partial charge >= 0.3 is 5.97 Å². The Kier molecular flexibility index (Phi) is 7.32. The van der Waals surface area contributed by atoms with E-state index in [0.717, 1.165) is 48.8 Å². The van der Waals surface area contributed by atoms with E-state index < -0.39 is 0 Å². The summed E-state index contributed by atoms with van der Waals surface area (Å²) in [6.45, 7) is 2.89. The zero-order chi connectivity index (χ0) is 21.8. The summed E-state index contributed by atoms with van der Waals surface area (Å²) in [6.07, 6.45) is 10.0. The number of ether oxygens (including phenoxy) is 1. The van der Waals surface area contributed by atoms with Crippen molar-refractivity contribution in [3.05, 3.63) is 21.8 Å². The molecule has 1 amide bonds. The van der Waals surface area contributed by atoms with Crippen molar-refractivity contribution < 1.29 is 14.3 Å². The van der Waals surface area contributed by atoms with Gasteiger partial charge in [0.25, 0.3) is 0 Å². The van der Waals surface area contributed by atoms with Crippen LogP contribution in [-0.2, 0) is 28.9 Å². The van der Waals surface area contributed by atoms with Gasteiger partial charge < -0.3 is 14.6 Å². The zero-order valence-electron chi connectivity index (χ0n) is 18.2. The number of thiophene rings is 1. The molecule has 0 aliphatic heterocycles. The SMILES string of the molecule is CCn1c(SCC(=O)Nc2sc3c(c2C(=O)OC)CCCCC3)nnc1C1CCCC1. The van der Waals surface area contributed by atoms with Crippen LogP contribution in [0.3, 0.4) is 0 Å². The van der Waals surface area contributed by atoms with Crippen molar-refractivity contribution in [1.82, 2.24) is 14.8 Å². The summed E-state index contributed by atoms with van der Waals surface area (Å²) in [5.74, 6) is 1.26. The molecule has 9 heteroatoms. The number of aromatic nitrogens is 3. The van der Waals surface area contributed by atoms with Crippen LogP contribution in [0.25, 0.3) is 0 Å². The molecule has 0 aromatic carbocycles. The molecule has 0 saturated heterocycles. The first-order valence-electron chi connectivity index (χ1n) is 11.2. The fourth-order valence-corrected chi connectivity index (χ4v) is 6.73. The van der Waals surface area contributed by atoms with Crippen LogP contribution in [0.1, 0.15) is 84.4 Å². The van der Waals surface area contributed by atoms with Gasteiger partial charge in [0.1, 0.15) is 10.8 Å². The summed E-state index contributed by atoms with van der Waals surface area (Å²) < 4.78 is 7.16. The number of anilines is 1. The van der Waals surface area contributed by atoms with Gasteiger partial charge in [0, 0.05) is 17.3 Å². The number of carbonyl (C=O) groups is 2. The Hall–Kier alpha value is -1.87. The summed E-state index contributed by atoms with van der Waals surface area (Å²) >= 11 is 2.92. The third kappa shape index (κ3) is 4.82. The number of methoxy groups -OCH3 is 1. The summed E-state index contributed by atoms with van der Waals surface area (Å²) in [6, 6.07) is 0. The molecular weight excluding hydrogens is 432 g/mol. The van der Waals surface area contributed by atoms with Crippen LogP contribution in [0.15, 0.2) is 5.16 Å². The highest BCUT2D eigenvalue weighted by Crippen LogP contribution is 2.38. The molecule has 0 radical (unpaired) electrons. The molecule has 1 N–H and O–H groups in total. The maximum Gasteiger partial charge on any atom is 0.341 e. The predicted molar refractivity (Wildman–Crippen MR) is 123 cm³/mol. The van der Waals surface area contributed by atoms with Gasteiger partial charge in [-0.15, -0.1) is 21.5 Å². The van der Waals surface area contributed by atoms with Crippen LogP contribution in [0.4, 0.5) is 5.00 Å². The lowest BCUT2D eigenvalue weighted by Gasteiger charge is -2.11. The second kappa shape index (κ2) is 10.2. The molecule has 168 valence electrons. The first-order valence-corrected chi connectivity index (χ1v) is 13.0. The standard InChI is InChI=1S/C22H30N4O3S2/c1-3-26-19(14-9-7-8-10-14)24-25-22(26)30-13-17(27)23-20-18(21(28)29-2)15-11-5-4-6-12-16(15)31-20/h14H,3-13H2,1-2H3,(H,23,27). The molecule has 2 heterocycles. The third-order valence-corrected chi connectivity index (χ3v) is 8.35. The van der Waals surface area contributed by atoms with Crippen LogP contribution in [0, 0.1) is 0 Å². The topological polar surface area (TPSA) is 86.1 Å². The van der Waals surface area contributed by atoms with E-state index in [1.807, 2.05) is 0 Å². The van der Waals surface area contributed by atoms with Crippen LogP contribution in [-0.4, -0.2) is 39.5 Å². The molecule has 1 fully saturated rings. The number of hydrogen-bond acceptors (Lipinski definition) is 7. The van der Waals surface area contributed by atoms with Crippen molar-refractivity contribution in [3.8, 4) is 0 Å². The van der Waals surface area contributed by atoms with Gasteiger partial charge in [0.15, 0.2) is 5.16 Å². The second-order valence-corrected chi connectivity index (χ2v) is 10.2. The van der Waals surface area contributed by atoms with E-state index in [1.165, 1.54) is 67.2 Å². The number of hydrogen-bond donors (Lipinski definition) is 1. The van der Waals surface area contributed by atoms with E-state index in [4.69, 9.17) is 4.74 Å². The lowest BCUT2D eigenvalue weighted by atomic mass is 10.1. The number of nitrogens with zero attached hydrogens (tertiary/aromatic N) is 3. The lowest BCUT2D eigenvalue weighted by molar-refractivity contribution is -0.113. The highest BCUT2D eigenvalue weighted by atomic mass is 32.2. The van der Waals surface area contributed by atoms with Crippen molar-refractivity contribution >= 4 is 40.0 Å². The normalized spacial score (nSPS) is 16.7. The molecule has 7 nitrogen and oxygen atoms in total. The Morgan fingerprint density at radius 1 is 1.16 bits per heavy atom. The summed E-state index contributed by atoms with van der Waals surface area (Å²) in [4.78, 5) is 26.4. The molecular formula is C22H30N4O3S2. The highest BCUT2D eigenvalue weighted by molar-refractivity contribution is 7.99. The molecule has 0 atom stereocenters. The minimum Gasteiger partial charge on any atom is -0.465 e. The molecule has 2 aliphatic carbocycles. The molecule has 0 spiro atoms. The first kappa shape index (κ1) is 22.3. The molecule has 2 aromatic heterocycles. The molecule has 0 unspecified atom stereocenters. The summed E-state index contributed by atoms with van der Waals surface area (Å²) in [7, 11) is 1.39. The summed E-state index contributed by atoms with van der Waals surface area (Å²) in [5, 5.41) is 13.2. The molecule has 0 bridgehead atoms. The maximum atomic E-state index is 12.8. The minimum atomic E-state index is -0.366. The number of aryl methyl sites for hydroxylation is 1. The molecule has 2 aliphatic rings. The first-order chi connectivity index (χ1) is 15.1. The quantitative estimate of drug-likeness (QED) is 0.361. The van der Waals surface area contributed by atoms with Gasteiger partial charge in [-0.3, -0.25) is 4.79 Å². The number of esters is 1. The number of nitrogens with one attached hydrogen (secondary N) is 1. The van der Waals surface area contributed by atoms with Gasteiger partial charge in [0.05, 0.1) is 18.4 Å². The van der Waals surface area contributed by atoms with Crippen molar-refractivity contribution in [1.29, 1.82) is 0 Å². The molecule has 31 heavy (non-hydrogen) atoms. The second-order valence-electron chi connectivity index (χ2n) is 8.16. The third-order valence-electron chi connectivity index (χ3n) is 6.18. The molecule has 4 rings (SSSR count). The van der Waals surface area contributed by atoms with E-state index in [9.17, 15) is 9.59 Å². The van der Waals surface area contributed by atoms with Crippen LogP contribution in [0.2, 0.25) is 0 Å². The van der Waals surface area contributed by atoms with E-state index in [0.29, 0.717) is 16.5 Å². The fraction of sp³-hybridized carbons (Fsp3) is 0.636. The predicted octanol–water partition coefficient (Wildman–Crippen LogP) is 4.80. The lowest BCUT2D eigenvalue weighted by Crippen LogP contribution is -2.17. The van der Waals surface area contributed by atoms with Crippen molar-refractivity contribution in [3.63, 3.8) is 0 Å². The van der Waals surface area contributed by atoms with E-state index >= 15 is 0 Å².